The van der Waals surface area contributed by atoms with Gasteiger partial charge in [0.1, 0.15) is 6.10 Å². The van der Waals surface area contributed by atoms with Gasteiger partial charge in [0.2, 0.25) is 0 Å². The first-order valence-corrected chi connectivity index (χ1v) is 6.17. The normalized spacial score (nSPS) is 35.2. The maximum absolute atomic E-state index is 11.2. The van der Waals surface area contributed by atoms with Gasteiger partial charge in [-0.2, -0.15) is 0 Å². The monoisotopic (exact) mass is 289 g/mol. The van der Waals surface area contributed by atoms with Crippen LogP contribution in [0.4, 0.5) is 0 Å². The fourth-order valence-corrected chi connectivity index (χ4v) is 2.31. The van der Waals surface area contributed by atoms with Crippen LogP contribution in [0.5, 0.6) is 0 Å². The highest BCUT2D eigenvalue weighted by Crippen LogP contribution is 2.33. The van der Waals surface area contributed by atoms with Crippen LogP contribution in [0.25, 0.3) is 0 Å². The second-order valence-electron chi connectivity index (χ2n) is 4.60. The maximum atomic E-state index is 11.2. The Hall–Kier alpha value is -1.67. The van der Waals surface area contributed by atoms with Crippen molar-refractivity contribution in [2.24, 2.45) is 0 Å². The zero-order chi connectivity index (χ0) is 14.9. The minimum atomic E-state index is -0.973. The molecule has 2 heterocycles. The zero-order valence-electron chi connectivity index (χ0n) is 11.4. The highest BCUT2D eigenvalue weighted by Gasteiger charge is 2.55. The average Bonchev–Trinajstić information content (AvgIpc) is 2.74. The van der Waals surface area contributed by atoms with Crippen molar-refractivity contribution in [2.75, 3.05) is 6.61 Å². The first-order chi connectivity index (χ1) is 9.38. The molecule has 0 aliphatic carbocycles. The van der Waals surface area contributed by atoms with Gasteiger partial charge in [0.15, 0.2) is 24.6 Å². The Morgan fingerprint density at radius 3 is 1.90 bits per heavy atom. The van der Waals surface area contributed by atoms with Gasteiger partial charge in [-0.15, -0.1) is 0 Å². The predicted molar refractivity (Wildman–Crippen MR) is 61.3 cm³/mol. The number of ether oxygens (including phenoxy) is 5. The minimum absolute atomic E-state index is 0.165. The molecule has 0 aromatic carbocycles. The van der Waals surface area contributed by atoms with Crippen LogP contribution >= 0.6 is 0 Å². The third-order valence-corrected chi connectivity index (χ3v) is 2.92. The fourth-order valence-electron chi connectivity index (χ4n) is 2.31. The summed E-state index contributed by atoms with van der Waals surface area (Å²) in [6, 6.07) is 0. The lowest BCUT2D eigenvalue weighted by atomic mass is 10.0. The highest BCUT2D eigenvalue weighted by atomic mass is 16.8. The molecule has 0 N–H and O–H groups in total. The number of carbonyl (C=O) groups is 3. The Morgan fingerprint density at radius 2 is 1.35 bits per heavy atom. The van der Waals surface area contributed by atoms with Crippen molar-refractivity contribution >= 4 is 17.9 Å². The number of hydrogen-bond acceptors (Lipinski definition) is 8. The van der Waals surface area contributed by atoms with Gasteiger partial charge in [-0.3, -0.25) is 14.4 Å². The Bertz CT molecular complexity index is 390. The molecule has 5 atom stereocenters. The summed E-state index contributed by atoms with van der Waals surface area (Å²) >= 11 is 0. The van der Waals surface area contributed by atoms with E-state index in [-0.39, 0.29) is 6.61 Å². The topological polar surface area (TPSA) is 97.4 Å². The standard InChI is InChI=1S/C12H16O8/c1-5(13)17-9-8-4-16-12(20-8)11(19-7(3)15)10(9)18-6(2)14/h8-12H,4H2,1-3H3/t8-,9-,10+,11-,12-/m1/s1/i4+1. The smallest absolute Gasteiger partial charge is 0.303 e. The van der Waals surface area contributed by atoms with Gasteiger partial charge in [0.25, 0.3) is 0 Å². The molecule has 0 aromatic rings. The number of hydrogen-bond donors (Lipinski definition) is 0. The molecule has 0 spiro atoms. The molecule has 0 saturated carbocycles. The van der Waals surface area contributed by atoms with Gasteiger partial charge in [-0.1, -0.05) is 0 Å². The van der Waals surface area contributed by atoms with Crippen LogP contribution in [0, 0.1) is 0 Å². The number of carbonyl (C=O) groups excluding carboxylic acids is 3. The summed E-state index contributed by atoms with van der Waals surface area (Å²) < 4.78 is 26.2. The first kappa shape index (κ1) is 14.7. The molecule has 2 saturated heterocycles. The summed E-state index contributed by atoms with van der Waals surface area (Å²) in [5.74, 6) is -1.71. The number of rotatable bonds is 3. The lowest BCUT2D eigenvalue weighted by Crippen LogP contribution is -2.58. The van der Waals surface area contributed by atoms with E-state index in [4.69, 9.17) is 23.7 Å². The van der Waals surface area contributed by atoms with Crippen molar-refractivity contribution in [1.29, 1.82) is 0 Å². The molecule has 8 nitrogen and oxygen atoms in total. The van der Waals surface area contributed by atoms with Crippen LogP contribution in [0.15, 0.2) is 0 Å². The van der Waals surface area contributed by atoms with Gasteiger partial charge in [-0.25, -0.2) is 0 Å². The molecule has 2 aliphatic heterocycles. The van der Waals surface area contributed by atoms with E-state index in [1.54, 1.807) is 0 Å². The van der Waals surface area contributed by atoms with Crippen molar-refractivity contribution < 1.29 is 38.1 Å². The van der Waals surface area contributed by atoms with Crippen molar-refractivity contribution in [3.63, 3.8) is 0 Å². The first-order valence-electron chi connectivity index (χ1n) is 6.17. The van der Waals surface area contributed by atoms with E-state index in [2.05, 4.69) is 0 Å². The highest BCUT2D eigenvalue weighted by molar-refractivity contribution is 5.68. The SMILES string of the molecule is CC(=O)O[C@@H]1[C@@H](OC(C)=O)[C@@H]2O[13CH2][C@@H](O2)[C@H]1OC(C)=O. The number of fused-ring (bicyclic) bond motifs is 2. The van der Waals surface area contributed by atoms with Crippen LogP contribution in [0.1, 0.15) is 20.8 Å². The third kappa shape index (κ3) is 3.07. The molecule has 112 valence electrons. The van der Waals surface area contributed by atoms with Gasteiger partial charge >= 0.3 is 17.9 Å². The van der Waals surface area contributed by atoms with Crippen LogP contribution in [0.2, 0.25) is 0 Å². The zero-order valence-corrected chi connectivity index (χ0v) is 11.4. The fraction of sp³-hybridized carbons (Fsp3) is 0.750. The Morgan fingerprint density at radius 1 is 0.850 bits per heavy atom. The molecule has 2 rings (SSSR count). The third-order valence-electron chi connectivity index (χ3n) is 2.92. The van der Waals surface area contributed by atoms with E-state index in [0.717, 1.165) is 0 Å². The molecule has 0 radical (unpaired) electrons. The van der Waals surface area contributed by atoms with Crippen LogP contribution < -0.4 is 0 Å². The molecule has 2 bridgehead atoms. The second kappa shape index (κ2) is 5.76. The summed E-state index contributed by atoms with van der Waals surface area (Å²) in [4.78, 5) is 33.6. The lowest BCUT2D eigenvalue weighted by molar-refractivity contribution is -0.250. The van der Waals surface area contributed by atoms with Crippen LogP contribution in [-0.4, -0.2) is 55.2 Å². The predicted octanol–water partition coefficient (Wildman–Crippen LogP) is -0.463. The summed E-state index contributed by atoms with van der Waals surface area (Å²) in [5.41, 5.74) is 0. The second-order valence-corrected chi connectivity index (χ2v) is 4.60. The van der Waals surface area contributed by atoms with E-state index in [1.807, 2.05) is 0 Å². The summed E-state index contributed by atoms with van der Waals surface area (Å²) in [7, 11) is 0. The number of esters is 3. The molecule has 20 heavy (non-hydrogen) atoms. The molecule has 0 aromatic heterocycles. The van der Waals surface area contributed by atoms with Crippen molar-refractivity contribution in [3.8, 4) is 0 Å². The Balaban J connectivity index is 2.24. The molecular formula is C12H16O8. The van der Waals surface area contributed by atoms with Crippen molar-refractivity contribution in [2.45, 2.75) is 51.5 Å². The molecule has 0 amide bonds. The Kier molecular flexibility index (Phi) is 4.24. The van der Waals surface area contributed by atoms with E-state index in [0.29, 0.717) is 0 Å². The molecular weight excluding hydrogens is 273 g/mol. The van der Waals surface area contributed by atoms with Crippen molar-refractivity contribution in [1.82, 2.24) is 0 Å². The summed E-state index contributed by atoms with van der Waals surface area (Å²) in [6.45, 7) is 3.83. The molecule has 0 unspecified atom stereocenters. The van der Waals surface area contributed by atoms with E-state index in [1.165, 1.54) is 20.8 Å². The largest absolute Gasteiger partial charge is 0.456 e. The van der Waals surface area contributed by atoms with Gasteiger partial charge in [-0.05, 0) is 0 Å². The van der Waals surface area contributed by atoms with E-state index >= 15 is 0 Å². The maximum Gasteiger partial charge on any atom is 0.303 e. The van der Waals surface area contributed by atoms with Gasteiger partial charge < -0.3 is 23.7 Å². The van der Waals surface area contributed by atoms with Gasteiger partial charge in [0.05, 0.1) is 6.61 Å². The van der Waals surface area contributed by atoms with Crippen LogP contribution in [0.3, 0.4) is 0 Å². The van der Waals surface area contributed by atoms with E-state index < -0.39 is 48.6 Å². The Labute approximate surface area is 115 Å². The van der Waals surface area contributed by atoms with Gasteiger partial charge in [0, 0.05) is 20.8 Å². The lowest BCUT2D eigenvalue weighted by Gasteiger charge is -2.38. The molecule has 2 fully saturated rings. The summed E-state index contributed by atoms with van der Waals surface area (Å²) in [5, 5.41) is 0. The molecule has 2 aliphatic rings. The quantitative estimate of drug-likeness (QED) is 0.391. The molecule has 8 heteroatoms. The minimum Gasteiger partial charge on any atom is -0.456 e. The average molecular weight is 289 g/mol. The van der Waals surface area contributed by atoms with E-state index in [9.17, 15) is 14.4 Å². The van der Waals surface area contributed by atoms with Crippen molar-refractivity contribution in [3.05, 3.63) is 0 Å². The van der Waals surface area contributed by atoms with Crippen LogP contribution in [-0.2, 0) is 38.1 Å². The summed E-state index contributed by atoms with van der Waals surface area (Å²) in [6.07, 6.45) is -4.19.